The fourth-order valence-corrected chi connectivity index (χ4v) is 7.33. The highest BCUT2D eigenvalue weighted by molar-refractivity contribution is 7.85. The first-order valence-corrected chi connectivity index (χ1v) is 14.8. The van der Waals surface area contributed by atoms with Crippen LogP contribution >= 0.6 is 0 Å². The molecule has 0 spiro atoms. The lowest BCUT2D eigenvalue weighted by Gasteiger charge is -2.46. The summed E-state index contributed by atoms with van der Waals surface area (Å²) in [5.41, 5.74) is 5.66. The summed E-state index contributed by atoms with van der Waals surface area (Å²) in [6.07, 6.45) is 2.65. The van der Waals surface area contributed by atoms with E-state index >= 15 is 0 Å². The van der Waals surface area contributed by atoms with Gasteiger partial charge in [-0.1, -0.05) is 0 Å². The smallest absolute Gasteiger partial charge is 0.423 e. The Morgan fingerprint density at radius 2 is 1.92 bits per heavy atom. The summed E-state index contributed by atoms with van der Waals surface area (Å²) in [4.78, 5) is 18.0. The zero-order chi connectivity index (χ0) is 27.1. The van der Waals surface area contributed by atoms with E-state index in [1.807, 2.05) is 25.2 Å². The molecule has 0 saturated heterocycles. The lowest BCUT2D eigenvalue weighted by atomic mass is 9.80. The van der Waals surface area contributed by atoms with Crippen LogP contribution < -0.4 is 19.9 Å². The second kappa shape index (κ2) is 8.41. The second-order valence-corrected chi connectivity index (χ2v) is 13.0. The van der Waals surface area contributed by atoms with Crippen molar-refractivity contribution >= 4 is 43.4 Å². The number of rotatable bonds is 3. The normalized spacial score (nSPS) is 19.3. The Hall–Kier alpha value is -3.17. The maximum atomic E-state index is 13.6. The minimum absolute atomic E-state index is 0.137. The van der Waals surface area contributed by atoms with Gasteiger partial charge in [0, 0.05) is 60.5 Å². The van der Waals surface area contributed by atoms with Gasteiger partial charge in [-0.05, 0) is 69.4 Å². The van der Waals surface area contributed by atoms with E-state index in [0.29, 0.717) is 23.3 Å². The molecular weight excluding hydrogens is 502 g/mol. The van der Waals surface area contributed by atoms with Crippen LogP contribution in [-0.2, 0) is 23.6 Å². The maximum absolute atomic E-state index is 13.6. The molecular formula is C29H34N3O5S+. The summed E-state index contributed by atoms with van der Waals surface area (Å²) in [6.45, 7) is 8.21. The van der Waals surface area contributed by atoms with Gasteiger partial charge in [0.2, 0.25) is 5.52 Å². The molecule has 8 nitrogen and oxygen atoms in total. The molecule has 2 aromatic rings. The van der Waals surface area contributed by atoms with Crippen molar-refractivity contribution in [3.8, 4) is 11.3 Å². The lowest BCUT2D eigenvalue weighted by Crippen LogP contribution is -2.48. The molecule has 1 N–H and O–H groups in total. The molecule has 0 amide bonds. The van der Waals surface area contributed by atoms with E-state index in [4.69, 9.17) is 4.42 Å². The third-order valence-electron chi connectivity index (χ3n) is 8.72. The Morgan fingerprint density at radius 3 is 2.63 bits per heavy atom. The first-order valence-electron chi connectivity index (χ1n) is 13.2. The summed E-state index contributed by atoms with van der Waals surface area (Å²) in [7, 11) is -0.381. The summed E-state index contributed by atoms with van der Waals surface area (Å²) >= 11 is 0. The Kier molecular flexibility index (Phi) is 5.56. The molecule has 0 aliphatic carbocycles. The molecule has 9 heteroatoms. The number of aromatic nitrogens is 1. The average Bonchev–Trinajstić information content (AvgIpc) is 2.86. The van der Waals surface area contributed by atoms with Crippen LogP contribution in [0.5, 0.6) is 0 Å². The first kappa shape index (κ1) is 25.1. The number of aryl methyl sites for hydroxylation is 2. The van der Waals surface area contributed by atoms with Gasteiger partial charge in [0.05, 0.1) is 11.1 Å². The highest BCUT2D eigenvalue weighted by Gasteiger charge is 2.38. The summed E-state index contributed by atoms with van der Waals surface area (Å²) < 4.78 is 41.6. The molecule has 4 aliphatic heterocycles. The number of fused-ring (bicyclic) bond motifs is 6. The highest BCUT2D eigenvalue weighted by Crippen LogP contribution is 2.46. The van der Waals surface area contributed by atoms with Crippen molar-refractivity contribution in [2.75, 3.05) is 35.7 Å². The predicted molar refractivity (Wildman–Crippen MR) is 150 cm³/mol. The van der Waals surface area contributed by atoms with E-state index < -0.39 is 10.1 Å². The number of nitrogens with zero attached hydrogens (tertiary/aromatic N) is 3. The standard InChI is InChI=1S/C29H33N3O5S/c1-6-32-9-7-8-17-10-21-24(13-23(17)32)30(4)28(33)22-12-18-11-20-19(16-38(34,35)36)15-29(2,3)31(5)25(20)14-26(18)37-27(21)22/h10-14,19H,6-9,15-16H2,1-5H3/p+1. The van der Waals surface area contributed by atoms with Gasteiger partial charge in [-0.2, -0.15) is 13.0 Å². The molecule has 4 aliphatic rings. The Morgan fingerprint density at radius 1 is 1.16 bits per heavy atom. The molecule has 0 fully saturated rings. The van der Waals surface area contributed by atoms with Crippen LogP contribution in [0.4, 0.5) is 11.4 Å². The van der Waals surface area contributed by atoms with E-state index in [1.165, 1.54) is 11.3 Å². The van der Waals surface area contributed by atoms with Crippen LogP contribution in [0.3, 0.4) is 0 Å². The zero-order valence-corrected chi connectivity index (χ0v) is 23.4. The topological polar surface area (TPSA) is 94.9 Å². The molecule has 0 saturated carbocycles. The molecule has 0 radical (unpaired) electrons. The molecule has 0 bridgehead atoms. The summed E-state index contributed by atoms with van der Waals surface area (Å²) in [5.74, 6) is -0.155. The third kappa shape index (κ3) is 3.86. The van der Waals surface area contributed by atoms with Crippen molar-refractivity contribution in [3.05, 3.63) is 51.8 Å². The molecule has 4 heterocycles. The van der Waals surface area contributed by atoms with Crippen molar-refractivity contribution in [2.24, 2.45) is 7.05 Å². The maximum Gasteiger partial charge on any atom is 0.423 e. The monoisotopic (exact) mass is 536 g/mol. The van der Waals surface area contributed by atoms with E-state index in [2.05, 4.69) is 42.7 Å². The lowest BCUT2D eigenvalue weighted by molar-refractivity contribution is -0.658. The first-order chi connectivity index (χ1) is 17.9. The molecule has 1 atom stereocenters. The van der Waals surface area contributed by atoms with E-state index in [1.54, 1.807) is 11.6 Å². The highest BCUT2D eigenvalue weighted by atomic mass is 32.2. The van der Waals surface area contributed by atoms with Gasteiger partial charge in [0.1, 0.15) is 18.2 Å². The van der Waals surface area contributed by atoms with E-state index in [9.17, 15) is 17.8 Å². The molecule has 2 aromatic carbocycles. The van der Waals surface area contributed by atoms with Crippen LogP contribution in [0.25, 0.3) is 33.2 Å². The Labute approximate surface area is 222 Å². The van der Waals surface area contributed by atoms with Crippen molar-refractivity contribution in [1.82, 2.24) is 0 Å². The number of hydrogen-bond acceptors (Lipinski definition) is 6. The van der Waals surface area contributed by atoms with Crippen molar-refractivity contribution < 1.29 is 22.0 Å². The van der Waals surface area contributed by atoms with E-state index in [0.717, 1.165) is 53.5 Å². The van der Waals surface area contributed by atoms with Gasteiger partial charge in [0.25, 0.3) is 10.1 Å². The van der Waals surface area contributed by atoms with Crippen molar-refractivity contribution in [1.29, 1.82) is 0 Å². The molecule has 6 rings (SSSR count). The van der Waals surface area contributed by atoms with Gasteiger partial charge >= 0.3 is 5.56 Å². The van der Waals surface area contributed by atoms with Crippen LogP contribution in [0, 0.1) is 0 Å². The Bertz CT molecular complexity index is 1760. The van der Waals surface area contributed by atoms with Crippen molar-refractivity contribution in [2.45, 2.75) is 51.5 Å². The predicted octanol–water partition coefficient (Wildman–Crippen LogP) is 4.24. The van der Waals surface area contributed by atoms with Gasteiger partial charge in [-0.3, -0.25) is 4.55 Å². The minimum atomic E-state index is -4.17. The zero-order valence-electron chi connectivity index (χ0n) is 22.5. The number of anilines is 2. The molecule has 1 unspecified atom stereocenters. The average molecular weight is 537 g/mol. The van der Waals surface area contributed by atoms with Crippen molar-refractivity contribution in [3.63, 3.8) is 0 Å². The summed E-state index contributed by atoms with van der Waals surface area (Å²) in [5, 5.41) is 1.65. The number of benzene rings is 2. The van der Waals surface area contributed by atoms with Gasteiger partial charge in [-0.15, -0.1) is 0 Å². The molecule has 0 aromatic heterocycles. The van der Waals surface area contributed by atoms with Gasteiger partial charge in [-0.25, -0.2) is 4.79 Å². The quantitative estimate of drug-likeness (QED) is 0.181. The fraction of sp³-hybridized carbons (Fsp3) is 0.448. The number of pyridine rings is 1. The van der Waals surface area contributed by atoms with Crippen LogP contribution in [0.1, 0.15) is 50.7 Å². The Balaban J connectivity index is 1.64. The largest absolute Gasteiger partial charge is 0.455 e. The summed E-state index contributed by atoms with van der Waals surface area (Å²) in [6, 6.07) is 10.0. The van der Waals surface area contributed by atoms with Gasteiger partial charge in [0.15, 0.2) is 5.76 Å². The van der Waals surface area contributed by atoms with Crippen LogP contribution in [0.2, 0.25) is 0 Å². The van der Waals surface area contributed by atoms with Crippen LogP contribution in [-0.4, -0.2) is 44.4 Å². The third-order valence-corrected chi connectivity index (χ3v) is 9.54. The second-order valence-electron chi connectivity index (χ2n) is 11.5. The van der Waals surface area contributed by atoms with Gasteiger partial charge < -0.3 is 14.2 Å². The number of hydrogen-bond donors (Lipinski definition) is 1. The minimum Gasteiger partial charge on any atom is -0.455 e. The van der Waals surface area contributed by atoms with E-state index in [-0.39, 0.29) is 22.8 Å². The van der Waals surface area contributed by atoms with Crippen LogP contribution in [0.15, 0.2) is 39.5 Å². The SMILES string of the molecule is CCN1CCCc2cc3c4oc5cc6c(cc5cc-4c(=O)[n+](C)c3cc21)C(CS(=O)(=O)O)CC(C)(C)N6C. The molecule has 38 heavy (non-hydrogen) atoms. The molecule has 200 valence electrons. The fourth-order valence-electron chi connectivity index (χ4n) is 6.52.